The van der Waals surface area contributed by atoms with Crippen molar-refractivity contribution in [3.05, 3.63) is 95.6 Å². The molecule has 1 unspecified atom stereocenters. The lowest BCUT2D eigenvalue weighted by molar-refractivity contribution is -0.134. The van der Waals surface area contributed by atoms with Crippen molar-refractivity contribution < 1.29 is 19.8 Å². The van der Waals surface area contributed by atoms with Gasteiger partial charge in [-0.1, -0.05) is 66.7 Å². The third-order valence-corrected chi connectivity index (χ3v) is 5.46. The minimum absolute atomic E-state index is 0.424. The molecule has 6 nitrogen and oxygen atoms in total. The van der Waals surface area contributed by atoms with E-state index in [1.54, 1.807) is 0 Å². The quantitative estimate of drug-likeness (QED) is 0.637. The number of fused-ring (bicyclic) bond motifs is 4. The Morgan fingerprint density at radius 2 is 1.58 bits per heavy atom. The fourth-order valence-corrected chi connectivity index (χ4v) is 4.09. The third kappa shape index (κ3) is 4.48. The van der Waals surface area contributed by atoms with E-state index in [0.717, 1.165) is 19.6 Å². The minimum atomic E-state index is -1.26. The highest BCUT2D eigenvalue weighted by Gasteiger charge is 2.32. The Kier molecular flexibility index (Phi) is 5.80. The lowest BCUT2D eigenvalue weighted by atomic mass is 9.83. The molecule has 31 heavy (non-hydrogen) atoms. The number of hydrogen-bond acceptors (Lipinski definition) is 4. The van der Waals surface area contributed by atoms with E-state index in [4.69, 9.17) is 15.2 Å². The van der Waals surface area contributed by atoms with Gasteiger partial charge in [-0.05, 0) is 21.9 Å². The lowest BCUT2D eigenvalue weighted by Crippen LogP contribution is -2.38. The summed E-state index contributed by atoms with van der Waals surface area (Å²) < 4.78 is 0. The summed E-state index contributed by atoms with van der Waals surface area (Å²) in [5.74, 6) is -0.898. The van der Waals surface area contributed by atoms with Crippen molar-refractivity contribution in [2.24, 2.45) is 4.99 Å². The number of carboxylic acids is 2. The van der Waals surface area contributed by atoms with Crippen LogP contribution in [0.2, 0.25) is 0 Å². The van der Waals surface area contributed by atoms with Gasteiger partial charge in [0.15, 0.2) is 0 Å². The van der Waals surface area contributed by atoms with Crippen LogP contribution >= 0.6 is 0 Å². The SMILES string of the molecule is O=C(O)/C=C/C(=O)O.c1ccc2c(c1)C1=NCCN1CC2c1ccc2ccccc2c1. The lowest BCUT2D eigenvalue weighted by Gasteiger charge is -2.34. The van der Waals surface area contributed by atoms with Crippen molar-refractivity contribution in [2.75, 3.05) is 19.6 Å². The first-order chi connectivity index (χ1) is 15.0. The van der Waals surface area contributed by atoms with Gasteiger partial charge in [-0.2, -0.15) is 0 Å². The van der Waals surface area contributed by atoms with Crippen LogP contribution in [0, 0.1) is 0 Å². The summed E-state index contributed by atoms with van der Waals surface area (Å²) in [7, 11) is 0. The van der Waals surface area contributed by atoms with Crippen molar-refractivity contribution in [3.63, 3.8) is 0 Å². The molecule has 2 aliphatic heterocycles. The van der Waals surface area contributed by atoms with Gasteiger partial charge < -0.3 is 15.1 Å². The normalized spacial score (nSPS) is 16.8. The highest BCUT2D eigenvalue weighted by molar-refractivity contribution is 6.02. The molecule has 6 heteroatoms. The summed E-state index contributed by atoms with van der Waals surface area (Å²) in [6.45, 7) is 3.01. The Morgan fingerprint density at radius 1 is 0.903 bits per heavy atom. The molecule has 156 valence electrons. The maximum absolute atomic E-state index is 9.55. The van der Waals surface area contributed by atoms with E-state index in [1.807, 2.05) is 0 Å². The number of aliphatic imine (C=N–C) groups is 1. The van der Waals surface area contributed by atoms with E-state index in [9.17, 15) is 9.59 Å². The summed E-state index contributed by atoms with van der Waals surface area (Å²) in [6.07, 6.45) is 1.12. The number of nitrogens with zero attached hydrogens (tertiary/aromatic N) is 2. The van der Waals surface area contributed by atoms with Crippen LogP contribution in [0.5, 0.6) is 0 Å². The van der Waals surface area contributed by atoms with Gasteiger partial charge >= 0.3 is 11.9 Å². The van der Waals surface area contributed by atoms with Crippen LogP contribution < -0.4 is 0 Å². The molecule has 0 radical (unpaired) electrons. The first-order valence-corrected chi connectivity index (χ1v) is 10.0. The molecular formula is C25H22N2O4. The van der Waals surface area contributed by atoms with Gasteiger partial charge in [-0.3, -0.25) is 4.99 Å². The molecule has 0 saturated carbocycles. The van der Waals surface area contributed by atoms with Crippen LogP contribution in [0.1, 0.15) is 22.6 Å². The molecule has 2 aliphatic rings. The third-order valence-electron chi connectivity index (χ3n) is 5.46. The van der Waals surface area contributed by atoms with Crippen LogP contribution in [0.3, 0.4) is 0 Å². The van der Waals surface area contributed by atoms with Crippen LogP contribution in [0.15, 0.2) is 83.9 Å². The summed E-state index contributed by atoms with van der Waals surface area (Å²) in [5.41, 5.74) is 4.14. The second-order valence-electron chi connectivity index (χ2n) is 7.41. The average Bonchev–Trinajstić information content (AvgIpc) is 3.26. The van der Waals surface area contributed by atoms with Gasteiger partial charge in [0.2, 0.25) is 0 Å². The van der Waals surface area contributed by atoms with Gasteiger partial charge in [0, 0.05) is 36.7 Å². The maximum Gasteiger partial charge on any atom is 0.328 e. The summed E-state index contributed by atoms with van der Waals surface area (Å²) >= 11 is 0. The fraction of sp³-hybridized carbons (Fsp3) is 0.160. The van der Waals surface area contributed by atoms with E-state index in [1.165, 1.54) is 33.3 Å². The molecule has 0 saturated heterocycles. The Balaban J connectivity index is 0.000000250. The summed E-state index contributed by atoms with van der Waals surface area (Å²) in [6, 6.07) is 24.3. The second-order valence-corrected chi connectivity index (χ2v) is 7.41. The number of amidine groups is 1. The maximum atomic E-state index is 9.55. The van der Waals surface area contributed by atoms with Gasteiger partial charge in [0.1, 0.15) is 5.84 Å². The molecule has 1 atom stereocenters. The van der Waals surface area contributed by atoms with Gasteiger partial charge in [0.05, 0.1) is 6.54 Å². The Bertz CT molecular complexity index is 1180. The molecule has 0 aliphatic carbocycles. The van der Waals surface area contributed by atoms with Crippen molar-refractivity contribution >= 4 is 28.5 Å². The number of carboxylic acid groups (broad SMARTS) is 2. The molecule has 2 heterocycles. The standard InChI is InChI=1S/C21H18N2.C4H4O4/c1-2-6-16-13-17(10-9-15(16)5-1)20-14-23-12-11-22-21(23)19-8-4-3-7-18(19)20;5-3(6)1-2-4(7)8/h1-10,13,20H,11-12,14H2;1-2H,(H,5,6)(H,7,8)/b;2-1+. The molecule has 0 fully saturated rings. The Labute approximate surface area is 179 Å². The first-order valence-electron chi connectivity index (χ1n) is 10.0. The van der Waals surface area contributed by atoms with Gasteiger partial charge in [-0.25, -0.2) is 9.59 Å². The molecule has 0 aromatic heterocycles. The second kappa shape index (κ2) is 8.83. The zero-order valence-electron chi connectivity index (χ0n) is 16.8. The largest absolute Gasteiger partial charge is 0.478 e. The molecule has 0 bridgehead atoms. The smallest absolute Gasteiger partial charge is 0.328 e. The number of hydrogen-bond donors (Lipinski definition) is 2. The monoisotopic (exact) mass is 414 g/mol. The number of benzene rings is 3. The van der Waals surface area contributed by atoms with Crippen molar-refractivity contribution in [1.82, 2.24) is 4.90 Å². The average molecular weight is 414 g/mol. The van der Waals surface area contributed by atoms with E-state index in [0.29, 0.717) is 18.1 Å². The molecule has 5 rings (SSSR count). The van der Waals surface area contributed by atoms with Crippen molar-refractivity contribution in [2.45, 2.75) is 5.92 Å². The van der Waals surface area contributed by atoms with Crippen LogP contribution in [0.4, 0.5) is 0 Å². The molecule has 2 N–H and O–H groups in total. The zero-order valence-corrected chi connectivity index (χ0v) is 16.8. The molecule has 0 spiro atoms. The van der Waals surface area contributed by atoms with Crippen LogP contribution in [0.25, 0.3) is 10.8 Å². The van der Waals surface area contributed by atoms with E-state index in [-0.39, 0.29) is 0 Å². The van der Waals surface area contributed by atoms with Crippen LogP contribution in [-0.2, 0) is 9.59 Å². The topological polar surface area (TPSA) is 90.2 Å². The van der Waals surface area contributed by atoms with Crippen molar-refractivity contribution in [1.29, 1.82) is 0 Å². The fourth-order valence-electron chi connectivity index (χ4n) is 4.09. The van der Waals surface area contributed by atoms with Crippen LogP contribution in [-0.4, -0.2) is 52.5 Å². The Hall–Kier alpha value is -3.93. The number of carbonyl (C=O) groups is 2. The van der Waals surface area contributed by atoms with E-state index in [2.05, 4.69) is 71.6 Å². The number of aliphatic carboxylic acids is 2. The van der Waals surface area contributed by atoms with Crippen molar-refractivity contribution in [3.8, 4) is 0 Å². The number of rotatable bonds is 3. The minimum Gasteiger partial charge on any atom is -0.478 e. The summed E-state index contributed by atoms with van der Waals surface area (Å²) in [5, 5.41) is 18.3. The summed E-state index contributed by atoms with van der Waals surface area (Å²) in [4.78, 5) is 26.3. The molecule has 0 amide bonds. The molecule has 3 aromatic carbocycles. The molecule has 3 aromatic rings. The predicted octanol–water partition coefficient (Wildman–Crippen LogP) is 3.76. The van der Waals surface area contributed by atoms with E-state index < -0.39 is 11.9 Å². The first kappa shape index (κ1) is 20.3. The zero-order chi connectivity index (χ0) is 21.8. The van der Waals surface area contributed by atoms with Gasteiger partial charge in [0.25, 0.3) is 0 Å². The van der Waals surface area contributed by atoms with Gasteiger partial charge in [-0.15, -0.1) is 0 Å². The molecular weight excluding hydrogens is 392 g/mol. The highest BCUT2D eigenvalue weighted by Crippen LogP contribution is 2.35. The highest BCUT2D eigenvalue weighted by atomic mass is 16.4. The predicted molar refractivity (Wildman–Crippen MR) is 120 cm³/mol. The van der Waals surface area contributed by atoms with E-state index >= 15 is 0 Å². The Morgan fingerprint density at radius 3 is 2.32 bits per heavy atom.